The SMILES string of the molecule is CC1(C)c2cc(-c3cccc4ccccc34)c(-c3cccc4ccccc34)cc2C(C)(C)c2cc(-c3cccc4ccccc34)c(-c3cccc4ccccc34)cc21. The second kappa shape index (κ2) is 12.9. The van der Waals surface area contributed by atoms with Gasteiger partial charge < -0.3 is 0 Å². The first kappa shape index (κ1) is 34.5. The van der Waals surface area contributed by atoms with Gasteiger partial charge in [-0.2, -0.15) is 0 Å². The molecule has 10 aromatic rings. The summed E-state index contributed by atoms with van der Waals surface area (Å²) < 4.78 is 0. The molecule has 0 fully saturated rings. The summed E-state index contributed by atoms with van der Waals surface area (Å²) in [5.41, 5.74) is 15.1. The molecule has 0 radical (unpaired) electrons. The van der Waals surface area contributed by atoms with Crippen molar-refractivity contribution in [3.63, 3.8) is 0 Å². The summed E-state index contributed by atoms with van der Waals surface area (Å²) in [6.45, 7) is 9.81. The predicted octanol–water partition coefficient (Wildman–Crippen LogP) is 15.9. The number of fused-ring (bicyclic) bond motifs is 6. The monoisotopic (exact) mass is 740 g/mol. The van der Waals surface area contributed by atoms with Gasteiger partial charge in [-0.15, -0.1) is 0 Å². The third-order valence-corrected chi connectivity index (χ3v) is 13.3. The van der Waals surface area contributed by atoms with Crippen molar-refractivity contribution < 1.29 is 0 Å². The number of rotatable bonds is 4. The molecule has 0 N–H and O–H groups in total. The summed E-state index contributed by atoms with van der Waals surface area (Å²) in [5.74, 6) is 0. The van der Waals surface area contributed by atoms with Crippen LogP contribution < -0.4 is 0 Å². The van der Waals surface area contributed by atoms with Gasteiger partial charge in [-0.25, -0.2) is 0 Å². The van der Waals surface area contributed by atoms with E-state index in [1.54, 1.807) is 0 Å². The Labute approximate surface area is 341 Å². The molecular formula is C58H44. The maximum Gasteiger partial charge on any atom is 0.0153 e. The Morgan fingerprint density at radius 2 is 0.431 bits per heavy atom. The molecule has 0 amide bonds. The van der Waals surface area contributed by atoms with E-state index < -0.39 is 0 Å². The van der Waals surface area contributed by atoms with E-state index in [1.807, 2.05) is 0 Å². The molecule has 0 atom stereocenters. The Kier molecular flexibility index (Phi) is 7.66. The molecule has 276 valence electrons. The zero-order chi connectivity index (χ0) is 39.2. The first-order chi connectivity index (χ1) is 28.3. The van der Waals surface area contributed by atoms with E-state index in [4.69, 9.17) is 0 Å². The van der Waals surface area contributed by atoms with Gasteiger partial charge in [-0.3, -0.25) is 0 Å². The van der Waals surface area contributed by atoms with Crippen molar-refractivity contribution in [2.24, 2.45) is 0 Å². The first-order valence-electron chi connectivity index (χ1n) is 20.6. The topological polar surface area (TPSA) is 0 Å². The fourth-order valence-electron chi connectivity index (χ4n) is 10.3. The van der Waals surface area contributed by atoms with Crippen molar-refractivity contribution in [2.75, 3.05) is 0 Å². The predicted molar refractivity (Wildman–Crippen MR) is 249 cm³/mol. The summed E-state index contributed by atoms with van der Waals surface area (Å²) >= 11 is 0. The van der Waals surface area contributed by atoms with Crippen LogP contribution in [-0.4, -0.2) is 0 Å². The third-order valence-electron chi connectivity index (χ3n) is 13.3. The second-order valence-electron chi connectivity index (χ2n) is 17.2. The molecular weight excluding hydrogens is 697 g/mol. The lowest BCUT2D eigenvalue weighted by Crippen LogP contribution is -2.37. The van der Waals surface area contributed by atoms with Crippen molar-refractivity contribution in [2.45, 2.75) is 38.5 Å². The van der Waals surface area contributed by atoms with Crippen LogP contribution in [0.5, 0.6) is 0 Å². The smallest absolute Gasteiger partial charge is 0.0153 e. The average Bonchev–Trinajstić information content (AvgIpc) is 3.27. The van der Waals surface area contributed by atoms with Crippen molar-refractivity contribution in [1.82, 2.24) is 0 Å². The molecule has 0 nitrogen and oxygen atoms in total. The average molecular weight is 741 g/mol. The number of hydrogen-bond donors (Lipinski definition) is 0. The number of benzene rings is 10. The third kappa shape index (κ3) is 5.14. The van der Waals surface area contributed by atoms with Gasteiger partial charge in [0.15, 0.2) is 0 Å². The Balaban J connectivity index is 1.24. The highest BCUT2D eigenvalue weighted by Crippen LogP contribution is 2.55. The lowest BCUT2D eigenvalue weighted by Gasteiger charge is -2.45. The minimum absolute atomic E-state index is 0.298. The van der Waals surface area contributed by atoms with Crippen LogP contribution in [0.25, 0.3) is 87.6 Å². The van der Waals surface area contributed by atoms with Crippen LogP contribution in [0.2, 0.25) is 0 Å². The van der Waals surface area contributed by atoms with Gasteiger partial charge in [0.1, 0.15) is 0 Å². The molecule has 0 heteroatoms. The highest BCUT2D eigenvalue weighted by atomic mass is 14.5. The molecule has 11 rings (SSSR count). The van der Waals surface area contributed by atoms with E-state index in [9.17, 15) is 0 Å². The van der Waals surface area contributed by atoms with Crippen LogP contribution in [0.4, 0.5) is 0 Å². The van der Waals surface area contributed by atoms with Crippen molar-refractivity contribution in [3.05, 3.63) is 216 Å². The standard InChI is InChI=1S/C58H44/c1-57(2)53-33-49(45-29-13-21-37-17-5-9-25-41(37)45)51(47-31-15-23-39-19-7-11-27-43(39)47)35-55(53)58(3,4)56-36-52(48-32-16-24-40-20-8-12-28-44(40)48)50(34-54(56)57)46-30-14-22-38-18-6-10-26-42(38)46/h5-36H,1-4H3. The van der Waals surface area contributed by atoms with E-state index in [1.165, 1.54) is 110 Å². The fraction of sp³-hybridized carbons (Fsp3) is 0.103. The Bertz CT molecular complexity index is 2820. The maximum absolute atomic E-state index is 2.56. The zero-order valence-electron chi connectivity index (χ0n) is 33.5. The minimum atomic E-state index is -0.298. The lowest BCUT2D eigenvalue weighted by molar-refractivity contribution is 0.521. The lowest BCUT2D eigenvalue weighted by atomic mass is 9.58. The van der Waals surface area contributed by atoms with Gasteiger partial charge in [0.25, 0.3) is 0 Å². The summed E-state index contributed by atoms with van der Waals surface area (Å²) in [7, 11) is 0. The van der Waals surface area contributed by atoms with Gasteiger partial charge in [0.05, 0.1) is 0 Å². The van der Waals surface area contributed by atoms with Gasteiger partial charge in [0, 0.05) is 10.8 Å². The summed E-state index contributed by atoms with van der Waals surface area (Å²) in [6.07, 6.45) is 0. The molecule has 1 aliphatic carbocycles. The molecule has 0 saturated carbocycles. The van der Waals surface area contributed by atoms with Crippen LogP contribution >= 0.6 is 0 Å². The second-order valence-corrected chi connectivity index (χ2v) is 17.2. The quantitative estimate of drug-likeness (QED) is 0.169. The first-order valence-corrected chi connectivity index (χ1v) is 20.6. The Morgan fingerprint density at radius 3 is 0.672 bits per heavy atom. The van der Waals surface area contributed by atoms with Crippen molar-refractivity contribution in [3.8, 4) is 44.5 Å². The van der Waals surface area contributed by atoms with Crippen LogP contribution in [0.15, 0.2) is 194 Å². The molecule has 0 bridgehead atoms. The minimum Gasteiger partial charge on any atom is -0.0616 e. The summed E-state index contributed by atoms with van der Waals surface area (Å²) in [4.78, 5) is 0. The molecule has 0 saturated heterocycles. The number of hydrogen-bond acceptors (Lipinski definition) is 0. The van der Waals surface area contributed by atoms with E-state index >= 15 is 0 Å². The molecule has 1 aliphatic rings. The highest BCUT2D eigenvalue weighted by molar-refractivity contribution is 6.07. The van der Waals surface area contributed by atoms with E-state index in [-0.39, 0.29) is 10.8 Å². The van der Waals surface area contributed by atoms with Gasteiger partial charge in [-0.1, -0.05) is 198 Å². The fourth-order valence-corrected chi connectivity index (χ4v) is 10.3. The maximum atomic E-state index is 2.56. The molecule has 0 spiro atoms. The summed E-state index contributed by atoms with van der Waals surface area (Å²) in [6, 6.07) is 72.7. The van der Waals surface area contributed by atoms with E-state index in [0.717, 1.165) is 0 Å². The molecule has 0 aromatic heterocycles. The molecule has 0 heterocycles. The van der Waals surface area contributed by atoms with Gasteiger partial charge in [0.2, 0.25) is 0 Å². The molecule has 0 aliphatic heterocycles. The normalized spacial score (nSPS) is 14.1. The van der Waals surface area contributed by atoms with Crippen LogP contribution in [0.1, 0.15) is 49.9 Å². The summed E-state index contributed by atoms with van der Waals surface area (Å²) in [5, 5.41) is 10.1. The van der Waals surface area contributed by atoms with E-state index in [0.29, 0.717) is 0 Å². The molecule has 58 heavy (non-hydrogen) atoms. The largest absolute Gasteiger partial charge is 0.0616 e. The molecule has 0 unspecified atom stereocenters. The zero-order valence-corrected chi connectivity index (χ0v) is 33.5. The Morgan fingerprint density at radius 1 is 0.224 bits per heavy atom. The van der Waals surface area contributed by atoms with Gasteiger partial charge in [-0.05, 0) is 134 Å². The van der Waals surface area contributed by atoms with Crippen LogP contribution in [0.3, 0.4) is 0 Å². The van der Waals surface area contributed by atoms with Crippen molar-refractivity contribution in [1.29, 1.82) is 0 Å². The molecule has 10 aromatic carbocycles. The highest BCUT2D eigenvalue weighted by Gasteiger charge is 2.43. The van der Waals surface area contributed by atoms with Crippen molar-refractivity contribution >= 4 is 43.1 Å². The Hall–Kier alpha value is -6.76. The van der Waals surface area contributed by atoms with Crippen LogP contribution in [-0.2, 0) is 10.8 Å². The van der Waals surface area contributed by atoms with E-state index in [2.05, 4.69) is 222 Å². The van der Waals surface area contributed by atoms with Crippen LogP contribution in [0, 0.1) is 0 Å². The van der Waals surface area contributed by atoms with Gasteiger partial charge >= 0.3 is 0 Å².